The molecule has 3 N–H and O–H groups in total. The minimum atomic E-state index is -0.335. The van der Waals surface area contributed by atoms with Crippen LogP contribution in [-0.4, -0.2) is 62.3 Å². The molecule has 1 amide bonds. The lowest BCUT2D eigenvalue weighted by Crippen LogP contribution is -2.46. The van der Waals surface area contributed by atoms with Gasteiger partial charge in [0.25, 0.3) is 5.91 Å². The first-order valence-electron chi connectivity index (χ1n) is 12.0. The molecule has 1 aliphatic rings. The molecule has 5 rings (SSSR count). The molecule has 180 valence electrons. The van der Waals surface area contributed by atoms with E-state index < -0.39 is 0 Å². The van der Waals surface area contributed by atoms with Crippen molar-refractivity contribution in [3.8, 4) is 17.0 Å². The Kier molecular flexibility index (Phi) is 6.21. The predicted octanol–water partition coefficient (Wildman–Crippen LogP) is 3.82. The van der Waals surface area contributed by atoms with Crippen LogP contribution in [0.4, 0.5) is 0 Å². The second kappa shape index (κ2) is 9.46. The predicted molar refractivity (Wildman–Crippen MR) is 135 cm³/mol. The van der Waals surface area contributed by atoms with Crippen molar-refractivity contribution in [3.05, 3.63) is 71.7 Å². The van der Waals surface area contributed by atoms with Crippen molar-refractivity contribution in [2.45, 2.75) is 32.1 Å². The highest BCUT2D eigenvalue weighted by atomic mass is 16.3. The van der Waals surface area contributed by atoms with Crippen LogP contribution in [0.5, 0.6) is 5.75 Å². The quantitative estimate of drug-likeness (QED) is 0.379. The number of carbonyl (C=O) groups excluding carboxylic acids is 1. The molecule has 4 aromatic rings. The van der Waals surface area contributed by atoms with Crippen molar-refractivity contribution < 1.29 is 9.90 Å². The first-order chi connectivity index (χ1) is 16.9. The number of rotatable bonds is 7. The molecule has 1 fully saturated rings. The van der Waals surface area contributed by atoms with Gasteiger partial charge in [0.1, 0.15) is 5.75 Å². The summed E-state index contributed by atoms with van der Waals surface area (Å²) in [5.74, 6) is 0.00231. The molecule has 1 atom stereocenters. The van der Waals surface area contributed by atoms with E-state index in [-0.39, 0.29) is 17.1 Å². The lowest BCUT2D eigenvalue weighted by molar-refractivity contribution is 0.0940. The molecule has 0 saturated carbocycles. The van der Waals surface area contributed by atoms with Crippen LogP contribution in [-0.2, 0) is 5.41 Å². The smallest absolute Gasteiger partial charge is 0.252 e. The fraction of sp³-hybridized carbons (Fsp3) is 0.333. The Bertz CT molecular complexity index is 1330. The van der Waals surface area contributed by atoms with Crippen LogP contribution in [0.2, 0.25) is 0 Å². The maximum atomic E-state index is 13.6. The van der Waals surface area contributed by atoms with Gasteiger partial charge in [-0.2, -0.15) is 5.10 Å². The average molecular weight is 471 g/mol. The number of nitrogens with one attached hydrogen (secondary N) is 2. The minimum Gasteiger partial charge on any atom is -0.508 e. The first-order valence-corrected chi connectivity index (χ1v) is 12.0. The number of benzene rings is 1. The summed E-state index contributed by atoms with van der Waals surface area (Å²) in [6.07, 6.45) is 4.23. The van der Waals surface area contributed by atoms with Crippen molar-refractivity contribution in [1.82, 2.24) is 30.4 Å². The highest BCUT2D eigenvalue weighted by Crippen LogP contribution is 2.28. The molecule has 1 saturated heterocycles. The zero-order valence-electron chi connectivity index (χ0n) is 20.1. The van der Waals surface area contributed by atoms with E-state index in [0.29, 0.717) is 28.8 Å². The van der Waals surface area contributed by atoms with Gasteiger partial charge in [0.2, 0.25) is 0 Å². The van der Waals surface area contributed by atoms with Crippen LogP contribution < -0.4 is 5.32 Å². The molecule has 35 heavy (non-hydrogen) atoms. The maximum absolute atomic E-state index is 13.6. The van der Waals surface area contributed by atoms with Gasteiger partial charge in [0.15, 0.2) is 5.65 Å². The number of phenolic OH excluding ortho intramolecular Hbond substituents is 1. The van der Waals surface area contributed by atoms with Crippen LogP contribution in [0, 0.1) is 6.92 Å². The number of hydrogen-bond donors (Lipinski definition) is 3. The zero-order valence-corrected chi connectivity index (χ0v) is 20.1. The summed E-state index contributed by atoms with van der Waals surface area (Å²) >= 11 is 0. The highest BCUT2D eigenvalue weighted by molar-refractivity contribution is 6.07. The third-order valence-corrected chi connectivity index (χ3v) is 6.81. The number of carbonyl (C=O) groups is 1. The van der Waals surface area contributed by atoms with E-state index in [1.54, 1.807) is 30.3 Å². The van der Waals surface area contributed by atoms with Crippen molar-refractivity contribution in [2.75, 3.05) is 26.2 Å². The van der Waals surface area contributed by atoms with Crippen molar-refractivity contribution >= 4 is 16.9 Å². The van der Waals surface area contributed by atoms with E-state index in [9.17, 15) is 9.90 Å². The van der Waals surface area contributed by atoms with Gasteiger partial charge in [0, 0.05) is 36.0 Å². The van der Waals surface area contributed by atoms with E-state index in [2.05, 4.69) is 37.3 Å². The van der Waals surface area contributed by atoms with E-state index in [0.717, 1.165) is 36.6 Å². The van der Waals surface area contributed by atoms with Crippen LogP contribution in [0.1, 0.15) is 41.5 Å². The third kappa shape index (κ3) is 4.74. The number of amides is 1. The molecule has 8 nitrogen and oxygen atoms in total. The SMILES string of the molecule is Cc1n[nH]c2nc(-c3ccc(O)cc3)cc(C(=O)NCC(C)(CN3CCCC3)c3ccccn3)c12. The molecule has 0 radical (unpaired) electrons. The fourth-order valence-electron chi connectivity index (χ4n) is 4.90. The molecule has 0 spiro atoms. The lowest BCUT2D eigenvalue weighted by Gasteiger charge is -2.33. The summed E-state index contributed by atoms with van der Waals surface area (Å²) in [5, 5.41) is 20.8. The van der Waals surface area contributed by atoms with E-state index >= 15 is 0 Å². The Labute approximate surface area is 204 Å². The standard InChI is InChI=1S/C27H30N6O2/c1-18-24-21(15-22(30-25(24)32-31-18)19-8-10-20(34)11-9-19)26(35)29-16-27(2,17-33-13-5-6-14-33)23-7-3-4-12-28-23/h3-4,7-12,15,34H,5-6,13-14,16-17H2,1-2H3,(H,29,35)(H,30,31,32). The molecule has 3 aromatic heterocycles. The van der Waals surface area contributed by atoms with Crippen LogP contribution in [0.15, 0.2) is 54.7 Å². The van der Waals surface area contributed by atoms with Crippen molar-refractivity contribution in [2.24, 2.45) is 0 Å². The van der Waals surface area contributed by atoms with Gasteiger partial charge in [-0.1, -0.05) is 13.0 Å². The molecular weight excluding hydrogens is 440 g/mol. The van der Waals surface area contributed by atoms with Gasteiger partial charge >= 0.3 is 0 Å². The first kappa shape index (κ1) is 23.0. The molecule has 0 bridgehead atoms. The normalized spacial score (nSPS) is 15.8. The number of fused-ring (bicyclic) bond motifs is 1. The number of phenols is 1. The van der Waals surface area contributed by atoms with Crippen LogP contribution in [0.3, 0.4) is 0 Å². The lowest BCUT2D eigenvalue weighted by atomic mass is 9.85. The highest BCUT2D eigenvalue weighted by Gasteiger charge is 2.32. The summed E-state index contributed by atoms with van der Waals surface area (Å²) in [6, 6.07) is 14.5. The average Bonchev–Trinajstić information content (AvgIpc) is 3.52. The Morgan fingerprint density at radius 1 is 1.17 bits per heavy atom. The van der Waals surface area contributed by atoms with E-state index in [1.165, 1.54) is 12.8 Å². The van der Waals surface area contributed by atoms with Gasteiger partial charge in [-0.25, -0.2) is 4.98 Å². The number of aromatic hydroxyl groups is 1. The molecule has 0 aliphatic carbocycles. The van der Waals surface area contributed by atoms with Crippen molar-refractivity contribution in [1.29, 1.82) is 0 Å². The fourth-order valence-corrected chi connectivity index (χ4v) is 4.90. The molecule has 8 heteroatoms. The summed E-state index contributed by atoms with van der Waals surface area (Å²) in [4.78, 5) is 25.4. The number of likely N-dealkylation sites (tertiary alicyclic amines) is 1. The molecule has 4 heterocycles. The van der Waals surface area contributed by atoms with Crippen LogP contribution >= 0.6 is 0 Å². The molecule has 1 aromatic carbocycles. The van der Waals surface area contributed by atoms with Crippen LogP contribution in [0.25, 0.3) is 22.3 Å². The van der Waals surface area contributed by atoms with Gasteiger partial charge < -0.3 is 15.3 Å². The zero-order chi connectivity index (χ0) is 24.4. The Morgan fingerprint density at radius 3 is 2.66 bits per heavy atom. The molecule has 1 unspecified atom stereocenters. The number of aryl methyl sites for hydroxylation is 1. The van der Waals surface area contributed by atoms with Gasteiger partial charge in [-0.3, -0.25) is 14.9 Å². The molecular formula is C27H30N6O2. The number of aromatic nitrogens is 4. The second-order valence-electron chi connectivity index (χ2n) is 9.58. The number of hydrogen-bond acceptors (Lipinski definition) is 6. The van der Waals surface area contributed by atoms with E-state index in [1.807, 2.05) is 31.3 Å². The van der Waals surface area contributed by atoms with Gasteiger partial charge in [-0.15, -0.1) is 0 Å². The number of nitrogens with zero attached hydrogens (tertiary/aromatic N) is 4. The number of H-pyrrole nitrogens is 1. The van der Waals surface area contributed by atoms with Gasteiger partial charge in [0.05, 0.1) is 22.3 Å². The third-order valence-electron chi connectivity index (χ3n) is 6.81. The largest absolute Gasteiger partial charge is 0.508 e. The maximum Gasteiger partial charge on any atom is 0.252 e. The monoisotopic (exact) mass is 470 g/mol. The summed E-state index contributed by atoms with van der Waals surface area (Å²) in [6.45, 7) is 7.47. The minimum absolute atomic E-state index is 0.175. The second-order valence-corrected chi connectivity index (χ2v) is 9.58. The summed E-state index contributed by atoms with van der Waals surface area (Å²) in [7, 11) is 0. The summed E-state index contributed by atoms with van der Waals surface area (Å²) < 4.78 is 0. The number of pyridine rings is 2. The topological polar surface area (TPSA) is 107 Å². The Hall–Kier alpha value is -3.78. The Morgan fingerprint density at radius 2 is 1.94 bits per heavy atom. The number of aromatic amines is 1. The summed E-state index contributed by atoms with van der Waals surface area (Å²) in [5.41, 5.74) is 3.88. The Balaban J connectivity index is 1.46. The molecule has 1 aliphatic heterocycles. The van der Waals surface area contributed by atoms with E-state index in [4.69, 9.17) is 0 Å². The van der Waals surface area contributed by atoms with Gasteiger partial charge in [-0.05, 0) is 75.3 Å². The van der Waals surface area contributed by atoms with Crippen molar-refractivity contribution in [3.63, 3.8) is 0 Å².